The number of hydrogen-bond acceptors (Lipinski definition) is 5. The van der Waals surface area contributed by atoms with Crippen molar-refractivity contribution in [3.8, 4) is 11.5 Å². The minimum absolute atomic E-state index is 0.237. The van der Waals surface area contributed by atoms with Crippen LogP contribution in [0.25, 0.3) is 10.4 Å². The van der Waals surface area contributed by atoms with Crippen LogP contribution in [-0.2, 0) is 9.47 Å². The minimum Gasteiger partial charge on any atom is -0.457 e. The van der Waals surface area contributed by atoms with E-state index in [1.807, 2.05) is 30.3 Å². The molecule has 0 aromatic heterocycles. The van der Waals surface area contributed by atoms with Crippen LogP contribution in [0.1, 0.15) is 10.4 Å². The lowest BCUT2D eigenvalue weighted by atomic mass is 10.1. The van der Waals surface area contributed by atoms with Crippen LogP contribution in [0.2, 0.25) is 0 Å². The number of fused-ring (bicyclic) bond motifs is 1. The molecule has 0 spiro atoms. The predicted octanol–water partition coefficient (Wildman–Crippen LogP) is 3.05. The van der Waals surface area contributed by atoms with Gasteiger partial charge in [0.1, 0.15) is 17.6 Å². The Morgan fingerprint density at radius 2 is 1.85 bits per heavy atom. The first-order valence-electron chi connectivity index (χ1n) is 8.66. The van der Waals surface area contributed by atoms with Gasteiger partial charge in [0.2, 0.25) is 0 Å². The number of amides is 1. The Morgan fingerprint density at radius 1 is 1.07 bits per heavy atom. The van der Waals surface area contributed by atoms with Crippen molar-refractivity contribution in [2.24, 2.45) is 5.11 Å². The predicted molar refractivity (Wildman–Crippen MR) is 96.6 cm³/mol. The van der Waals surface area contributed by atoms with Crippen molar-refractivity contribution >= 4 is 5.91 Å². The maximum Gasteiger partial charge on any atom is 0.251 e. The number of ether oxygens (including phenoxy) is 3. The van der Waals surface area contributed by atoms with Crippen molar-refractivity contribution in [3.63, 3.8) is 0 Å². The Kier molecular flexibility index (Phi) is 4.93. The molecule has 138 valence electrons. The van der Waals surface area contributed by atoms with Crippen molar-refractivity contribution in [2.45, 2.75) is 24.3 Å². The van der Waals surface area contributed by atoms with Gasteiger partial charge in [0.25, 0.3) is 5.91 Å². The molecule has 1 N–H and O–H groups in total. The topological polar surface area (TPSA) is 106 Å². The lowest BCUT2D eigenvalue weighted by molar-refractivity contribution is 0.0649. The second-order valence-electron chi connectivity index (χ2n) is 6.39. The number of hydrogen-bond donors (Lipinski definition) is 1. The molecular formula is C19H18N4O4. The van der Waals surface area contributed by atoms with Crippen LogP contribution in [0.5, 0.6) is 11.5 Å². The molecule has 2 saturated heterocycles. The monoisotopic (exact) mass is 366 g/mol. The van der Waals surface area contributed by atoms with Crippen LogP contribution < -0.4 is 10.1 Å². The molecule has 8 heteroatoms. The van der Waals surface area contributed by atoms with Gasteiger partial charge in [0, 0.05) is 10.5 Å². The maximum absolute atomic E-state index is 12.6. The second kappa shape index (κ2) is 7.67. The quantitative estimate of drug-likeness (QED) is 0.499. The van der Waals surface area contributed by atoms with E-state index in [1.165, 1.54) is 0 Å². The summed E-state index contributed by atoms with van der Waals surface area (Å²) in [6, 6.07) is 15.7. The molecule has 0 bridgehead atoms. The number of benzene rings is 2. The molecule has 4 atom stereocenters. The highest BCUT2D eigenvalue weighted by atomic mass is 16.6. The van der Waals surface area contributed by atoms with Crippen LogP contribution in [-0.4, -0.2) is 43.4 Å². The summed E-state index contributed by atoms with van der Waals surface area (Å²) in [5.74, 6) is 1.04. The number of carbonyl (C=O) groups excluding carboxylic acids is 1. The molecule has 4 rings (SSSR count). The average Bonchev–Trinajstić information content (AvgIpc) is 3.27. The number of azide groups is 1. The summed E-state index contributed by atoms with van der Waals surface area (Å²) in [7, 11) is 0. The van der Waals surface area contributed by atoms with Gasteiger partial charge in [-0.15, -0.1) is 0 Å². The highest BCUT2D eigenvalue weighted by molar-refractivity contribution is 5.94. The third-order valence-corrected chi connectivity index (χ3v) is 4.62. The summed E-state index contributed by atoms with van der Waals surface area (Å²) in [5, 5.41) is 6.63. The van der Waals surface area contributed by atoms with Gasteiger partial charge in [0.15, 0.2) is 0 Å². The highest BCUT2D eigenvalue weighted by Gasteiger charge is 2.47. The molecule has 2 aliphatic heterocycles. The molecule has 0 unspecified atom stereocenters. The molecule has 2 fully saturated rings. The lowest BCUT2D eigenvalue weighted by Crippen LogP contribution is -2.44. The van der Waals surface area contributed by atoms with Crippen molar-refractivity contribution in [1.29, 1.82) is 0 Å². The largest absolute Gasteiger partial charge is 0.457 e. The van der Waals surface area contributed by atoms with Gasteiger partial charge < -0.3 is 19.5 Å². The molecule has 2 aromatic carbocycles. The summed E-state index contributed by atoms with van der Waals surface area (Å²) in [4.78, 5) is 15.5. The van der Waals surface area contributed by atoms with E-state index in [0.29, 0.717) is 30.3 Å². The first-order chi connectivity index (χ1) is 13.2. The highest BCUT2D eigenvalue weighted by Crippen LogP contribution is 2.29. The summed E-state index contributed by atoms with van der Waals surface area (Å²) < 4.78 is 17.1. The smallest absolute Gasteiger partial charge is 0.251 e. The fraction of sp³-hybridized carbons (Fsp3) is 0.316. The molecule has 2 aromatic rings. The Labute approximate surface area is 155 Å². The molecule has 2 heterocycles. The molecular weight excluding hydrogens is 348 g/mol. The summed E-state index contributed by atoms with van der Waals surface area (Å²) in [6.45, 7) is 0.616. The Balaban J connectivity index is 1.42. The van der Waals surface area contributed by atoms with Gasteiger partial charge in [0.05, 0.1) is 31.4 Å². The van der Waals surface area contributed by atoms with E-state index in [1.54, 1.807) is 24.3 Å². The van der Waals surface area contributed by atoms with Gasteiger partial charge in [-0.25, -0.2) is 0 Å². The fourth-order valence-electron chi connectivity index (χ4n) is 3.35. The first kappa shape index (κ1) is 17.4. The Hall–Kier alpha value is -3.06. The zero-order valence-electron chi connectivity index (χ0n) is 14.4. The SMILES string of the molecule is [N-]=[N+]=N[C@H]1CO[C@H]2[C@@H]1OC[C@@H]2NC(=O)c1cccc(Oc2ccccc2)c1. The number of rotatable bonds is 5. The number of para-hydroxylation sites is 1. The van der Waals surface area contributed by atoms with Crippen molar-refractivity contribution < 1.29 is 19.0 Å². The fourth-order valence-corrected chi connectivity index (χ4v) is 3.35. The molecule has 8 nitrogen and oxygen atoms in total. The van der Waals surface area contributed by atoms with Gasteiger partial charge in [-0.1, -0.05) is 29.4 Å². The molecule has 1 amide bonds. The zero-order chi connectivity index (χ0) is 18.6. The standard InChI is InChI=1S/C19H18N4O4/c20-23-22-16-11-26-17-15(10-25-18(16)17)21-19(24)12-5-4-8-14(9-12)27-13-6-2-1-3-7-13/h1-9,15-18H,10-11H2,(H,21,24)/t15-,16-,17+,18+/m0/s1. The van der Waals surface area contributed by atoms with E-state index in [2.05, 4.69) is 15.3 Å². The maximum atomic E-state index is 12.6. The van der Waals surface area contributed by atoms with Gasteiger partial charge in [-0.3, -0.25) is 4.79 Å². The second-order valence-corrected chi connectivity index (χ2v) is 6.39. The van der Waals surface area contributed by atoms with E-state index >= 15 is 0 Å². The molecule has 2 aliphatic rings. The van der Waals surface area contributed by atoms with Crippen LogP contribution in [0.4, 0.5) is 0 Å². The van der Waals surface area contributed by atoms with Crippen molar-refractivity contribution in [3.05, 3.63) is 70.6 Å². The van der Waals surface area contributed by atoms with Crippen LogP contribution >= 0.6 is 0 Å². The van der Waals surface area contributed by atoms with Gasteiger partial charge >= 0.3 is 0 Å². The van der Waals surface area contributed by atoms with Gasteiger partial charge in [-0.05, 0) is 35.9 Å². The number of nitrogens with one attached hydrogen (secondary N) is 1. The molecule has 27 heavy (non-hydrogen) atoms. The van der Waals surface area contributed by atoms with E-state index < -0.39 is 0 Å². The molecule has 0 saturated carbocycles. The van der Waals surface area contributed by atoms with Crippen LogP contribution in [0, 0.1) is 0 Å². The lowest BCUT2D eigenvalue weighted by Gasteiger charge is -2.17. The Bertz CT molecular complexity index is 869. The van der Waals surface area contributed by atoms with Crippen LogP contribution in [0.15, 0.2) is 59.7 Å². The summed E-state index contributed by atoms with van der Waals surface area (Å²) >= 11 is 0. The normalized spacial score (nSPS) is 26.1. The van der Waals surface area contributed by atoms with Crippen molar-refractivity contribution in [1.82, 2.24) is 5.32 Å². The molecule has 0 aliphatic carbocycles. The Morgan fingerprint density at radius 3 is 2.67 bits per heavy atom. The number of carbonyl (C=O) groups is 1. The summed E-state index contributed by atoms with van der Waals surface area (Å²) in [5.41, 5.74) is 9.09. The van der Waals surface area contributed by atoms with E-state index in [-0.39, 0.29) is 30.2 Å². The van der Waals surface area contributed by atoms with E-state index in [4.69, 9.17) is 19.7 Å². The van der Waals surface area contributed by atoms with E-state index in [0.717, 1.165) is 0 Å². The average molecular weight is 366 g/mol. The van der Waals surface area contributed by atoms with E-state index in [9.17, 15) is 4.79 Å². The van der Waals surface area contributed by atoms with Crippen molar-refractivity contribution in [2.75, 3.05) is 13.2 Å². The summed E-state index contributed by atoms with van der Waals surface area (Å²) in [6.07, 6.45) is -0.632. The zero-order valence-corrected chi connectivity index (χ0v) is 14.4. The minimum atomic E-state index is -0.357. The van der Waals surface area contributed by atoms with Crippen LogP contribution in [0.3, 0.4) is 0 Å². The van der Waals surface area contributed by atoms with Gasteiger partial charge in [-0.2, -0.15) is 0 Å². The number of nitrogens with zero attached hydrogens (tertiary/aromatic N) is 3. The third-order valence-electron chi connectivity index (χ3n) is 4.62. The molecule has 0 radical (unpaired) electrons. The first-order valence-corrected chi connectivity index (χ1v) is 8.66. The third kappa shape index (κ3) is 3.73.